The highest BCUT2D eigenvalue weighted by Gasteiger charge is 2.35. The van der Waals surface area contributed by atoms with Gasteiger partial charge in [-0.25, -0.2) is 4.79 Å². The number of halogens is 3. The van der Waals surface area contributed by atoms with Crippen LogP contribution in [0, 0.1) is 0 Å². The number of hydrogen-bond donors (Lipinski definition) is 1. The number of amides is 1. The zero-order valence-corrected chi connectivity index (χ0v) is 14.4. The van der Waals surface area contributed by atoms with Gasteiger partial charge in [-0.05, 0) is 24.3 Å². The Morgan fingerprint density at radius 1 is 1.12 bits per heavy atom. The van der Waals surface area contributed by atoms with Gasteiger partial charge in [-0.1, -0.05) is 12.1 Å². The summed E-state index contributed by atoms with van der Waals surface area (Å²) in [7, 11) is 0. The van der Waals surface area contributed by atoms with E-state index in [0.717, 1.165) is 34.4 Å². The van der Waals surface area contributed by atoms with Crippen molar-refractivity contribution in [3.8, 4) is 0 Å². The number of carbonyl (C=O) groups is 3. The second kappa shape index (κ2) is 8.13. The maximum atomic E-state index is 12.9. The zero-order chi connectivity index (χ0) is 19.3. The second-order valence-electron chi connectivity index (χ2n) is 5.22. The lowest BCUT2D eigenvalue weighted by Crippen LogP contribution is -2.18. The number of rotatable bonds is 6. The number of thiophene rings is 1. The molecule has 0 fully saturated rings. The van der Waals surface area contributed by atoms with Gasteiger partial charge in [-0.2, -0.15) is 13.2 Å². The Morgan fingerprint density at radius 3 is 2.46 bits per heavy atom. The maximum absolute atomic E-state index is 12.9. The average Bonchev–Trinajstić information content (AvgIpc) is 3.06. The number of Topliss-reactive ketones (excluding diaryl/α,β-unsaturated/α-hetero) is 1. The molecule has 0 saturated heterocycles. The lowest BCUT2D eigenvalue weighted by Gasteiger charge is -2.11. The molecule has 2 aromatic rings. The van der Waals surface area contributed by atoms with E-state index >= 15 is 0 Å². The largest absolute Gasteiger partial charge is 0.454 e. The number of carbonyl (C=O) groups excluding carboxylic acids is 3. The number of hydrogen-bond acceptors (Lipinski definition) is 5. The molecule has 0 atom stereocenters. The molecule has 138 valence electrons. The molecule has 0 bridgehead atoms. The average molecular weight is 385 g/mol. The number of esters is 1. The summed E-state index contributed by atoms with van der Waals surface area (Å²) in [6, 6.07) is 7.34. The Bertz CT molecular complexity index is 829. The summed E-state index contributed by atoms with van der Waals surface area (Å²) in [4.78, 5) is 35.8. The van der Waals surface area contributed by atoms with Gasteiger partial charge in [0.1, 0.15) is 0 Å². The third-order valence-electron chi connectivity index (χ3n) is 3.23. The van der Waals surface area contributed by atoms with Crippen LogP contribution in [0.3, 0.4) is 0 Å². The van der Waals surface area contributed by atoms with Crippen LogP contribution in [0.5, 0.6) is 0 Å². The molecule has 0 aliphatic heterocycles. The number of ketones is 1. The van der Waals surface area contributed by atoms with Crippen LogP contribution in [0.15, 0.2) is 36.4 Å². The minimum absolute atomic E-state index is 0.219. The molecule has 0 radical (unpaired) electrons. The normalized spacial score (nSPS) is 11.1. The Hall–Kier alpha value is -2.68. The smallest absolute Gasteiger partial charge is 0.417 e. The minimum atomic E-state index is -4.70. The molecule has 0 spiro atoms. The highest BCUT2D eigenvalue weighted by atomic mass is 32.1. The fourth-order valence-corrected chi connectivity index (χ4v) is 2.89. The van der Waals surface area contributed by atoms with Crippen molar-refractivity contribution in [2.75, 3.05) is 6.61 Å². The van der Waals surface area contributed by atoms with Crippen LogP contribution < -0.4 is 5.32 Å². The van der Waals surface area contributed by atoms with Gasteiger partial charge < -0.3 is 10.1 Å². The van der Waals surface area contributed by atoms with E-state index in [-0.39, 0.29) is 17.3 Å². The van der Waals surface area contributed by atoms with Crippen LogP contribution in [0.25, 0.3) is 0 Å². The number of ether oxygens (including phenoxy) is 1. The number of alkyl halides is 3. The molecule has 0 unspecified atom stereocenters. The quantitative estimate of drug-likeness (QED) is 0.611. The van der Waals surface area contributed by atoms with Crippen molar-refractivity contribution in [2.24, 2.45) is 0 Å². The lowest BCUT2D eigenvalue weighted by atomic mass is 10.1. The third kappa shape index (κ3) is 5.16. The van der Waals surface area contributed by atoms with E-state index in [1.807, 2.05) is 0 Å². The van der Waals surface area contributed by atoms with Crippen LogP contribution in [-0.4, -0.2) is 24.3 Å². The Balaban J connectivity index is 2.00. The molecule has 1 heterocycles. The molecule has 1 N–H and O–H groups in total. The highest BCUT2D eigenvalue weighted by molar-refractivity contribution is 7.14. The molecule has 0 saturated carbocycles. The molecule has 0 aliphatic rings. The first-order valence-corrected chi connectivity index (χ1v) is 8.20. The van der Waals surface area contributed by atoms with E-state index < -0.39 is 35.7 Å². The molecule has 9 heteroatoms. The monoisotopic (exact) mass is 385 g/mol. The second-order valence-corrected chi connectivity index (χ2v) is 6.39. The fraction of sp³-hybridized carbons (Fsp3) is 0.235. The van der Waals surface area contributed by atoms with Gasteiger partial charge in [-0.15, -0.1) is 11.3 Å². The molecule has 5 nitrogen and oxygen atoms in total. The number of benzene rings is 1. The van der Waals surface area contributed by atoms with E-state index in [1.54, 1.807) is 6.07 Å². The lowest BCUT2D eigenvalue weighted by molar-refractivity contribution is -0.138. The van der Waals surface area contributed by atoms with Crippen LogP contribution in [0.4, 0.5) is 13.2 Å². The zero-order valence-electron chi connectivity index (χ0n) is 13.6. The van der Waals surface area contributed by atoms with E-state index in [9.17, 15) is 27.6 Å². The van der Waals surface area contributed by atoms with Crippen molar-refractivity contribution in [3.63, 3.8) is 0 Å². The van der Waals surface area contributed by atoms with Crippen molar-refractivity contribution < 1.29 is 32.3 Å². The Labute approximate surface area is 150 Å². The van der Waals surface area contributed by atoms with Crippen molar-refractivity contribution >= 4 is 29.0 Å². The predicted molar refractivity (Wildman–Crippen MR) is 87.9 cm³/mol. The molecule has 1 amide bonds. The van der Waals surface area contributed by atoms with Crippen molar-refractivity contribution in [2.45, 2.75) is 19.6 Å². The molecule has 1 aromatic heterocycles. The van der Waals surface area contributed by atoms with E-state index in [0.29, 0.717) is 0 Å². The van der Waals surface area contributed by atoms with Crippen molar-refractivity contribution in [1.29, 1.82) is 0 Å². The summed E-state index contributed by atoms with van der Waals surface area (Å²) in [5.74, 6) is -1.98. The molecule has 2 rings (SSSR count). The first-order valence-electron chi connectivity index (χ1n) is 7.38. The summed E-state index contributed by atoms with van der Waals surface area (Å²) in [5.41, 5.74) is -1.77. The highest BCUT2D eigenvalue weighted by Crippen LogP contribution is 2.32. The first-order chi connectivity index (χ1) is 12.2. The standard InChI is InChI=1S/C17H14F3NO4S/c1-10(22)21-8-11-6-7-15(26-11)14(23)9-25-16(24)12-4-2-3-5-13(12)17(18,19)20/h2-7H,8-9H2,1H3,(H,21,22). The molecule has 26 heavy (non-hydrogen) atoms. The summed E-state index contributed by atoms with van der Waals surface area (Å²) < 4.78 is 43.4. The summed E-state index contributed by atoms with van der Waals surface area (Å²) in [5, 5.41) is 2.57. The van der Waals surface area contributed by atoms with Gasteiger partial charge in [0.25, 0.3) is 0 Å². The van der Waals surface area contributed by atoms with Gasteiger partial charge >= 0.3 is 12.1 Å². The van der Waals surface area contributed by atoms with Gasteiger partial charge in [0, 0.05) is 11.8 Å². The summed E-state index contributed by atoms with van der Waals surface area (Å²) >= 11 is 1.10. The first kappa shape index (κ1) is 19.6. The van der Waals surface area contributed by atoms with Crippen molar-refractivity contribution in [3.05, 3.63) is 57.3 Å². The predicted octanol–water partition coefficient (Wildman–Crippen LogP) is 3.44. The van der Waals surface area contributed by atoms with Gasteiger partial charge in [0.05, 0.1) is 22.5 Å². The van der Waals surface area contributed by atoms with E-state index in [4.69, 9.17) is 4.74 Å². The van der Waals surface area contributed by atoms with Gasteiger partial charge in [0.15, 0.2) is 6.61 Å². The van der Waals surface area contributed by atoms with Gasteiger partial charge in [0.2, 0.25) is 11.7 Å². The van der Waals surface area contributed by atoms with Crippen LogP contribution in [0.1, 0.15) is 37.4 Å². The fourth-order valence-electron chi connectivity index (χ4n) is 2.02. The van der Waals surface area contributed by atoms with Crippen LogP contribution >= 0.6 is 11.3 Å². The number of nitrogens with one attached hydrogen (secondary N) is 1. The Kier molecular flexibility index (Phi) is 6.14. The molecule has 1 aromatic carbocycles. The maximum Gasteiger partial charge on any atom is 0.417 e. The molecular weight excluding hydrogens is 371 g/mol. The Morgan fingerprint density at radius 2 is 1.81 bits per heavy atom. The topological polar surface area (TPSA) is 72.5 Å². The minimum Gasteiger partial charge on any atom is -0.454 e. The van der Waals surface area contributed by atoms with Gasteiger partial charge in [-0.3, -0.25) is 9.59 Å². The van der Waals surface area contributed by atoms with Crippen LogP contribution in [-0.2, 0) is 22.3 Å². The molecular formula is C17H14F3NO4S. The van der Waals surface area contributed by atoms with Crippen molar-refractivity contribution in [1.82, 2.24) is 5.32 Å². The van der Waals surface area contributed by atoms with E-state index in [2.05, 4.69) is 5.32 Å². The summed E-state index contributed by atoms with van der Waals surface area (Å²) in [6.07, 6.45) is -4.70. The molecule has 0 aliphatic carbocycles. The van der Waals surface area contributed by atoms with E-state index in [1.165, 1.54) is 19.1 Å². The summed E-state index contributed by atoms with van der Waals surface area (Å²) in [6.45, 7) is 0.940. The SMILES string of the molecule is CC(=O)NCc1ccc(C(=O)COC(=O)c2ccccc2C(F)(F)F)s1. The van der Waals surface area contributed by atoms with Crippen LogP contribution in [0.2, 0.25) is 0 Å². The third-order valence-corrected chi connectivity index (χ3v) is 4.36.